The average Bonchev–Trinajstić information content (AvgIpc) is 3.19. The fourth-order valence-electron chi connectivity index (χ4n) is 2.25. The van der Waals surface area contributed by atoms with E-state index in [0.29, 0.717) is 24.5 Å². The van der Waals surface area contributed by atoms with Crippen molar-refractivity contribution in [2.24, 2.45) is 5.92 Å². The molecule has 0 heterocycles. The van der Waals surface area contributed by atoms with Gasteiger partial charge in [0, 0.05) is 18.0 Å². The van der Waals surface area contributed by atoms with E-state index in [9.17, 15) is 4.79 Å². The Morgan fingerprint density at radius 1 is 1.17 bits per heavy atom. The van der Waals surface area contributed by atoms with Crippen LogP contribution in [0.2, 0.25) is 0 Å². The highest BCUT2D eigenvalue weighted by molar-refractivity contribution is 6.50. The highest BCUT2D eigenvalue weighted by Crippen LogP contribution is 2.53. The summed E-state index contributed by atoms with van der Waals surface area (Å²) in [6, 6.07) is 16.9. The van der Waals surface area contributed by atoms with E-state index >= 15 is 0 Å². The third kappa shape index (κ3) is 4.40. The summed E-state index contributed by atoms with van der Waals surface area (Å²) >= 11 is 12.0. The average molecular weight is 350 g/mol. The van der Waals surface area contributed by atoms with Crippen LogP contribution in [0.4, 0.5) is 0 Å². The standard InChI is InChI=1S/C18H17Cl2NO2/c19-18(20)10-15(18)12-23-16-8-4-7-14(9-16)17(22)21-11-13-5-2-1-3-6-13/h1-9,15H,10-12H2,(H,21,22)/t15-/m1/s1. The summed E-state index contributed by atoms with van der Waals surface area (Å²) in [7, 11) is 0. The maximum absolute atomic E-state index is 12.2. The van der Waals surface area contributed by atoms with Crippen molar-refractivity contribution in [2.75, 3.05) is 6.61 Å². The van der Waals surface area contributed by atoms with E-state index in [-0.39, 0.29) is 11.8 Å². The third-order valence-corrected chi connectivity index (χ3v) is 4.72. The molecule has 1 atom stereocenters. The van der Waals surface area contributed by atoms with E-state index in [1.54, 1.807) is 18.2 Å². The number of amides is 1. The molecular weight excluding hydrogens is 333 g/mol. The van der Waals surface area contributed by atoms with Gasteiger partial charge in [-0.15, -0.1) is 23.2 Å². The number of alkyl halides is 2. The molecule has 0 saturated heterocycles. The lowest BCUT2D eigenvalue weighted by atomic mass is 10.2. The largest absolute Gasteiger partial charge is 0.493 e. The minimum Gasteiger partial charge on any atom is -0.493 e. The van der Waals surface area contributed by atoms with Gasteiger partial charge in [-0.1, -0.05) is 36.4 Å². The molecule has 2 aromatic carbocycles. The monoisotopic (exact) mass is 349 g/mol. The van der Waals surface area contributed by atoms with E-state index in [2.05, 4.69) is 5.32 Å². The lowest BCUT2D eigenvalue weighted by molar-refractivity contribution is 0.0950. The first kappa shape index (κ1) is 16.2. The Kier molecular flexibility index (Phi) is 4.79. The normalized spacial score (nSPS) is 18.3. The van der Waals surface area contributed by atoms with Gasteiger partial charge in [0.15, 0.2) is 0 Å². The number of carbonyl (C=O) groups is 1. The second-order valence-electron chi connectivity index (χ2n) is 5.67. The Morgan fingerprint density at radius 3 is 2.61 bits per heavy atom. The molecule has 23 heavy (non-hydrogen) atoms. The molecule has 3 nitrogen and oxygen atoms in total. The third-order valence-electron chi connectivity index (χ3n) is 3.80. The van der Waals surface area contributed by atoms with Gasteiger partial charge in [0.25, 0.3) is 5.91 Å². The van der Waals surface area contributed by atoms with Crippen molar-refractivity contribution < 1.29 is 9.53 Å². The first-order chi connectivity index (χ1) is 11.0. The Morgan fingerprint density at radius 2 is 1.91 bits per heavy atom. The molecule has 1 aliphatic carbocycles. The Bertz CT molecular complexity index is 688. The summed E-state index contributed by atoms with van der Waals surface area (Å²) in [6.07, 6.45) is 0.743. The molecular formula is C18H17Cl2NO2. The number of hydrogen-bond donors (Lipinski definition) is 1. The molecule has 1 fully saturated rings. The predicted octanol–water partition coefficient (Wildman–Crippen LogP) is 4.19. The Labute approximate surface area is 145 Å². The summed E-state index contributed by atoms with van der Waals surface area (Å²) in [4.78, 5) is 12.2. The number of hydrogen-bond acceptors (Lipinski definition) is 2. The zero-order chi connectivity index (χ0) is 16.3. The summed E-state index contributed by atoms with van der Waals surface area (Å²) in [5.41, 5.74) is 1.62. The van der Waals surface area contributed by atoms with Gasteiger partial charge in [0.1, 0.15) is 10.1 Å². The van der Waals surface area contributed by atoms with Crippen molar-refractivity contribution in [3.63, 3.8) is 0 Å². The molecule has 0 aromatic heterocycles. The molecule has 1 N–H and O–H groups in total. The summed E-state index contributed by atoms with van der Waals surface area (Å²) < 4.78 is 5.02. The Hall–Kier alpha value is -1.71. The first-order valence-electron chi connectivity index (χ1n) is 7.47. The fraction of sp³-hybridized carbons (Fsp3) is 0.278. The summed E-state index contributed by atoms with van der Waals surface area (Å²) in [5.74, 6) is 0.671. The molecule has 1 amide bonds. The van der Waals surface area contributed by atoms with Crippen molar-refractivity contribution in [3.8, 4) is 5.75 Å². The minimum absolute atomic E-state index is 0.130. The van der Waals surface area contributed by atoms with Crippen molar-refractivity contribution in [2.45, 2.75) is 17.3 Å². The van der Waals surface area contributed by atoms with Gasteiger partial charge in [-0.3, -0.25) is 4.79 Å². The van der Waals surface area contributed by atoms with E-state index < -0.39 is 4.33 Å². The number of nitrogens with one attached hydrogen (secondary N) is 1. The molecule has 3 rings (SSSR count). The van der Waals surface area contributed by atoms with E-state index in [1.165, 1.54) is 0 Å². The second-order valence-corrected chi connectivity index (χ2v) is 7.21. The minimum atomic E-state index is -0.648. The van der Waals surface area contributed by atoms with Crippen molar-refractivity contribution >= 4 is 29.1 Å². The zero-order valence-electron chi connectivity index (χ0n) is 12.5. The molecule has 0 spiro atoms. The highest BCUT2D eigenvalue weighted by atomic mass is 35.5. The maximum atomic E-state index is 12.2. The SMILES string of the molecule is O=C(NCc1ccccc1)c1cccc(OC[C@H]2CC2(Cl)Cl)c1. The molecule has 0 unspecified atom stereocenters. The van der Waals surface area contributed by atoms with Gasteiger partial charge in [-0.05, 0) is 30.2 Å². The molecule has 1 aliphatic rings. The van der Waals surface area contributed by atoms with Crippen LogP contribution >= 0.6 is 23.2 Å². The topological polar surface area (TPSA) is 38.3 Å². The van der Waals surface area contributed by atoms with Crippen molar-refractivity contribution in [1.82, 2.24) is 5.32 Å². The molecule has 1 saturated carbocycles. The highest BCUT2D eigenvalue weighted by Gasteiger charge is 2.52. The van der Waals surface area contributed by atoms with Gasteiger partial charge < -0.3 is 10.1 Å². The van der Waals surface area contributed by atoms with Crippen LogP contribution < -0.4 is 10.1 Å². The molecule has 0 aliphatic heterocycles. The van der Waals surface area contributed by atoms with Crippen LogP contribution in [-0.4, -0.2) is 16.8 Å². The molecule has 0 bridgehead atoms. The van der Waals surface area contributed by atoms with Gasteiger partial charge in [-0.2, -0.15) is 0 Å². The van der Waals surface area contributed by atoms with Gasteiger partial charge in [0.2, 0.25) is 0 Å². The van der Waals surface area contributed by atoms with Gasteiger partial charge >= 0.3 is 0 Å². The number of benzene rings is 2. The maximum Gasteiger partial charge on any atom is 0.251 e. The molecule has 120 valence electrons. The lowest BCUT2D eigenvalue weighted by Gasteiger charge is -2.09. The zero-order valence-corrected chi connectivity index (χ0v) is 14.0. The first-order valence-corrected chi connectivity index (χ1v) is 8.23. The van der Waals surface area contributed by atoms with Gasteiger partial charge in [0.05, 0.1) is 6.61 Å². The van der Waals surface area contributed by atoms with Crippen LogP contribution in [0.25, 0.3) is 0 Å². The summed E-state index contributed by atoms with van der Waals surface area (Å²) in [6.45, 7) is 0.954. The lowest BCUT2D eigenvalue weighted by Crippen LogP contribution is -2.22. The number of carbonyl (C=O) groups excluding carboxylic acids is 1. The van der Waals surface area contributed by atoms with Crippen molar-refractivity contribution in [1.29, 1.82) is 0 Å². The van der Waals surface area contributed by atoms with Crippen LogP contribution in [0.5, 0.6) is 5.75 Å². The van der Waals surface area contributed by atoms with Crippen LogP contribution in [0, 0.1) is 5.92 Å². The van der Waals surface area contributed by atoms with E-state index in [0.717, 1.165) is 12.0 Å². The van der Waals surface area contributed by atoms with Gasteiger partial charge in [-0.25, -0.2) is 0 Å². The number of rotatable bonds is 6. The van der Waals surface area contributed by atoms with E-state index in [1.807, 2.05) is 36.4 Å². The van der Waals surface area contributed by atoms with Crippen LogP contribution in [0.15, 0.2) is 54.6 Å². The predicted molar refractivity (Wildman–Crippen MR) is 92.1 cm³/mol. The number of halogens is 2. The second kappa shape index (κ2) is 6.81. The summed E-state index contributed by atoms with van der Waals surface area (Å²) in [5, 5.41) is 2.90. The Balaban J connectivity index is 1.55. The quantitative estimate of drug-likeness (QED) is 0.794. The molecule has 5 heteroatoms. The van der Waals surface area contributed by atoms with Crippen LogP contribution in [0.3, 0.4) is 0 Å². The smallest absolute Gasteiger partial charge is 0.251 e. The fourth-order valence-corrected chi connectivity index (χ4v) is 2.75. The van der Waals surface area contributed by atoms with Crippen LogP contribution in [-0.2, 0) is 6.54 Å². The number of ether oxygens (including phenoxy) is 1. The van der Waals surface area contributed by atoms with Crippen LogP contribution in [0.1, 0.15) is 22.3 Å². The van der Waals surface area contributed by atoms with E-state index in [4.69, 9.17) is 27.9 Å². The molecule has 2 aromatic rings. The molecule has 0 radical (unpaired) electrons. The van der Waals surface area contributed by atoms with Crippen molar-refractivity contribution in [3.05, 3.63) is 65.7 Å².